The van der Waals surface area contributed by atoms with Gasteiger partial charge in [0.25, 0.3) is 0 Å². The number of hydrogen-bond donors (Lipinski definition) is 1. The summed E-state index contributed by atoms with van der Waals surface area (Å²) in [5, 5.41) is 4.44. The Bertz CT molecular complexity index is 400. The van der Waals surface area contributed by atoms with E-state index >= 15 is 0 Å². The Morgan fingerprint density at radius 1 is 1.50 bits per heavy atom. The summed E-state index contributed by atoms with van der Waals surface area (Å²) in [7, 11) is 0. The van der Waals surface area contributed by atoms with E-state index < -0.39 is 0 Å². The number of hydrogen-bond acceptors (Lipinski definition) is 3. The molecule has 0 radical (unpaired) electrons. The molecule has 3 atom stereocenters. The minimum atomic E-state index is 0.380. The number of rotatable bonds is 5. The molecule has 4 heteroatoms. The number of fused-ring (bicyclic) bond motifs is 2. The Morgan fingerprint density at radius 3 is 3.00 bits per heavy atom. The molecule has 2 N–H and O–H groups in total. The van der Waals surface area contributed by atoms with Crippen LogP contribution in [0.5, 0.6) is 0 Å². The highest BCUT2D eigenvalue weighted by Gasteiger charge is 2.41. The summed E-state index contributed by atoms with van der Waals surface area (Å²) in [5.41, 5.74) is 7.33. The van der Waals surface area contributed by atoms with Gasteiger partial charge in [-0.3, -0.25) is 9.58 Å². The van der Waals surface area contributed by atoms with E-state index in [4.69, 9.17) is 5.73 Å². The quantitative estimate of drug-likeness (QED) is 0.864. The van der Waals surface area contributed by atoms with Gasteiger partial charge < -0.3 is 5.73 Å². The van der Waals surface area contributed by atoms with Crippen molar-refractivity contribution in [1.82, 2.24) is 14.7 Å². The van der Waals surface area contributed by atoms with Crippen molar-refractivity contribution < 1.29 is 0 Å². The fourth-order valence-corrected chi connectivity index (χ4v) is 3.71. The Balaban J connectivity index is 1.75. The normalized spacial score (nSPS) is 29.0. The van der Waals surface area contributed by atoms with Crippen LogP contribution >= 0.6 is 0 Å². The molecule has 1 aliphatic carbocycles. The molecule has 1 aliphatic heterocycles. The first-order valence-corrected chi connectivity index (χ1v) is 7.30. The van der Waals surface area contributed by atoms with Crippen molar-refractivity contribution in [2.45, 2.75) is 51.2 Å². The Kier molecular flexibility index (Phi) is 3.39. The van der Waals surface area contributed by atoms with Crippen LogP contribution in [0.2, 0.25) is 0 Å². The fourth-order valence-electron chi connectivity index (χ4n) is 3.71. The fraction of sp³-hybridized carbons (Fsp3) is 0.786. The minimum absolute atomic E-state index is 0.380. The molecule has 2 heterocycles. The Labute approximate surface area is 109 Å². The molecule has 100 valence electrons. The summed E-state index contributed by atoms with van der Waals surface area (Å²) >= 11 is 0. The van der Waals surface area contributed by atoms with Gasteiger partial charge in [-0.1, -0.05) is 6.92 Å². The van der Waals surface area contributed by atoms with Gasteiger partial charge >= 0.3 is 0 Å². The zero-order valence-electron chi connectivity index (χ0n) is 11.3. The zero-order valence-corrected chi connectivity index (χ0v) is 11.3. The molecule has 2 fully saturated rings. The SMILES string of the molecule is CCCn1cc(C(CN)N2CC3CCC2C3)cn1. The minimum Gasteiger partial charge on any atom is -0.329 e. The van der Waals surface area contributed by atoms with Gasteiger partial charge in [-0.05, 0) is 31.6 Å². The lowest BCUT2D eigenvalue weighted by molar-refractivity contribution is 0.153. The first kappa shape index (κ1) is 12.2. The maximum Gasteiger partial charge on any atom is 0.0538 e. The van der Waals surface area contributed by atoms with Crippen LogP contribution < -0.4 is 5.73 Å². The average molecular weight is 248 g/mol. The highest BCUT2D eigenvalue weighted by Crippen LogP contribution is 2.41. The summed E-state index contributed by atoms with van der Waals surface area (Å²) in [5.74, 6) is 0.926. The van der Waals surface area contributed by atoms with E-state index in [-0.39, 0.29) is 0 Å². The molecular weight excluding hydrogens is 224 g/mol. The number of nitrogens with zero attached hydrogens (tertiary/aromatic N) is 3. The molecule has 1 aromatic heterocycles. The van der Waals surface area contributed by atoms with Crippen LogP contribution in [-0.2, 0) is 6.54 Å². The van der Waals surface area contributed by atoms with Gasteiger partial charge in [0.15, 0.2) is 0 Å². The van der Waals surface area contributed by atoms with Gasteiger partial charge in [0.05, 0.1) is 12.2 Å². The third kappa shape index (κ3) is 2.08. The standard InChI is InChI=1S/C14H24N4/c1-2-5-17-10-12(8-16-17)14(7-15)18-9-11-3-4-13(18)6-11/h8,10-11,13-14H,2-7,9,15H2,1H3. The maximum atomic E-state index is 6.02. The molecule has 1 saturated heterocycles. The molecule has 2 bridgehead atoms. The Hall–Kier alpha value is -0.870. The van der Waals surface area contributed by atoms with Crippen LogP contribution in [-0.4, -0.2) is 33.8 Å². The molecule has 0 amide bonds. The molecule has 0 spiro atoms. The second kappa shape index (κ2) is 5.02. The van der Waals surface area contributed by atoms with E-state index in [1.54, 1.807) is 0 Å². The lowest BCUT2D eigenvalue weighted by Gasteiger charge is -2.33. The first-order chi connectivity index (χ1) is 8.81. The van der Waals surface area contributed by atoms with Gasteiger partial charge in [-0.25, -0.2) is 0 Å². The summed E-state index contributed by atoms with van der Waals surface area (Å²) < 4.78 is 2.05. The molecule has 2 aliphatic rings. The predicted octanol–water partition coefficient (Wildman–Crippen LogP) is 1.78. The second-order valence-electron chi connectivity index (χ2n) is 5.82. The van der Waals surface area contributed by atoms with E-state index in [0.717, 1.165) is 24.9 Å². The van der Waals surface area contributed by atoms with Crippen molar-refractivity contribution in [3.8, 4) is 0 Å². The van der Waals surface area contributed by atoms with Crippen LogP contribution in [0.4, 0.5) is 0 Å². The van der Waals surface area contributed by atoms with Crippen molar-refractivity contribution in [3.05, 3.63) is 18.0 Å². The van der Waals surface area contributed by atoms with Gasteiger partial charge in [0.1, 0.15) is 0 Å². The van der Waals surface area contributed by atoms with Crippen LogP contribution in [0, 0.1) is 5.92 Å². The topological polar surface area (TPSA) is 47.1 Å². The van der Waals surface area contributed by atoms with Gasteiger partial charge in [-0.15, -0.1) is 0 Å². The van der Waals surface area contributed by atoms with Crippen molar-refractivity contribution in [2.24, 2.45) is 11.7 Å². The van der Waals surface area contributed by atoms with E-state index in [1.807, 2.05) is 10.9 Å². The average Bonchev–Trinajstić information content (AvgIpc) is 3.07. The summed E-state index contributed by atoms with van der Waals surface area (Å²) in [4.78, 5) is 2.63. The highest BCUT2D eigenvalue weighted by molar-refractivity contribution is 5.13. The molecule has 4 nitrogen and oxygen atoms in total. The second-order valence-corrected chi connectivity index (χ2v) is 5.82. The maximum absolute atomic E-state index is 6.02. The molecule has 18 heavy (non-hydrogen) atoms. The third-order valence-corrected chi connectivity index (χ3v) is 4.57. The molecule has 3 rings (SSSR count). The third-order valence-electron chi connectivity index (χ3n) is 4.57. The number of aromatic nitrogens is 2. The van der Waals surface area contributed by atoms with Crippen LogP contribution in [0.25, 0.3) is 0 Å². The summed E-state index contributed by atoms with van der Waals surface area (Å²) in [6.07, 6.45) is 9.51. The molecule has 1 saturated carbocycles. The lowest BCUT2D eigenvalue weighted by atomic mass is 10.0. The van der Waals surface area contributed by atoms with E-state index in [9.17, 15) is 0 Å². The van der Waals surface area contributed by atoms with Crippen molar-refractivity contribution in [3.63, 3.8) is 0 Å². The largest absolute Gasteiger partial charge is 0.329 e. The van der Waals surface area contributed by atoms with Crippen molar-refractivity contribution in [2.75, 3.05) is 13.1 Å². The van der Waals surface area contributed by atoms with Gasteiger partial charge in [-0.2, -0.15) is 5.10 Å². The summed E-state index contributed by atoms with van der Waals surface area (Å²) in [6, 6.07) is 1.16. The molecular formula is C14H24N4. The highest BCUT2D eigenvalue weighted by atomic mass is 15.3. The lowest BCUT2D eigenvalue weighted by Crippen LogP contribution is -2.39. The smallest absolute Gasteiger partial charge is 0.0538 e. The van der Waals surface area contributed by atoms with Crippen LogP contribution in [0.15, 0.2) is 12.4 Å². The molecule has 0 aromatic carbocycles. The van der Waals surface area contributed by atoms with Gasteiger partial charge in [0.2, 0.25) is 0 Å². The number of piperidine rings is 1. The predicted molar refractivity (Wildman–Crippen MR) is 72.1 cm³/mol. The zero-order chi connectivity index (χ0) is 12.5. The number of aryl methyl sites for hydroxylation is 1. The molecule has 1 aromatic rings. The Morgan fingerprint density at radius 2 is 2.39 bits per heavy atom. The van der Waals surface area contributed by atoms with E-state index in [1.165, 1.54) is 31.4 Å². The van der Waals surface area contributed by atoms with E-state index in [0.29, 0.717) is 12.6 Å². The van der Waals surface area contributed by atoms with Crippen molar-refractivity contribution in [1.29, 1.82) is 0 Å². The van der Waals surface area contributed by atoms with Crippen molar-refractivity contribution >= 4 is 0 Å². The number of likely N-dealkylation sites (tertiary alicyclic amines) is 1. The summed E-state index contributed by atoms with van der Waals surface area (Å²) in [6.45, 7) is 5.14. The monoisotopic (exact) mass is 248 g/mol. The number of nitrogens with two attached hydrogens (primary N) is 1. The van der Waals surface area contributed by atoms with Crippen LogP contribution in [0.1, 0.15) is 44.2 Å². The van der Waals surface area contributed by atoms with Crippen LogP contribution in [0.3, 0.4) is 0 Å². The first-order valence-electron chi connectivity index (χ1n) is 7.30. The van der Waals surface area contributed by atoms with E-state index in [2.05, 4.69) is 23.1 Å². The van der Waals surface area contributed by atoms with Gasteiger partial charge in [0, 0.05) is 37.4 Å². The molecule has 3 unspecified atom stereocenters.